The molecule has 56 heavy (non-hydrogen) atoms. The van der Waals surface area contributed by atoms with Gasteiger partial charge in [0.15, 0.2) is 6.10 Å². The molecule has 3 atom stereocenters. The molecule has 1 rings (SSSR count). The minimum Gasteiger partial charge on any atom is -0.491 e. The van der Waals surface area contributed by atoms with Gasteiger partial charge in [-0.05, 0) is 52.0 Å². The van der Waals surface area contributed by atoms with Gasteiger partial charge in [0.25, 0.3) is 0 Å². The van der Waals surface area contributed by atoms with Gasteiger partial charge in [-0.2, -0.15) is 0 Å². The Morgan fingerprint density at radius 1 is 0.571 bits per heavy atom. The summed E-state index contributed by atoms with van der Waals surface area (Å²) in [5, 5.41) is 15.2. The van der Waals surface area contributed by atoms with E-state index in [2.05, 4.69) is 36.9 Å². The van der Waals surface area contributed by atoms with Crippen LogP contribution in [0.4, 0.5) is 4.79 Å². The lowest BCUT2D eigenvalue weighted by Gasteiger charge is -2.22. The van der Waals surface area contributed by atoms with Gasteiger partial charge in [0, 0.05) is 28.8 Å². The number of amides is 1. The Hall–Kier alpha value is -5.27. The SMILES string of the molecule is C=C(C)C(=O)OCCNC(=O)OC(COCCOc1ccc(OCCOCC(COC(=O)C(=C)C)OC(O)NCCOC(=O)C(=C)C)cc1)COC(=O)C(=C)C. The third-order valence-electron chi connectivity index (χ3n) is 6.47. The molecule has 1 amide bonds. The minimum absolute atomic E-state index is 0.0143. The van der Waals surface area contributed by atoms with Crippen molar-refractivity contribution < 1.29 is 76.4 Å². The number of alkyl carbamates (subject to hydrolysis) is 1. The molecule has 0 spiro atoms. The topological polar surface area (TPSA) is 222 Å². The first-order valence-corrected chi connectivity index (χ1v) is 17.4. The van der Waals surface area contributed by atoms with Gasteiger partial charge >= 0.3 is 30.0 Å². The number of aliphatic hydroxyl groups is 1. The van der Waals surface area contributed by atoms with Gasteiger partial charge in [-0.25, -0.2) is 24.0 Å². The van der Waals surface area contributed by atoms with E-state index >= 15 is 0 Å². The Balaban J connectivity index is 2.46. The van der Waals surface area contributed by atoms with E-state index in [-0.39, 0.29) is 101 Å². The quantitative estimate of drug-likeness (QED) is 0.0334. The number of hydrogen-bond donors (Lipinski definition) is 3. The summed E-state index contributed by atoms with van der Waals surface area (Å²) in [6.45, 7) is 19.8. The van der Waals surface area contributed by atoms with E-state index in [0.29, 0.717) is 11.5 Å². The summed E-state index contributed by atoms with van der Waals surface area (Å²) in [5.41, 5.74) is 0.835. The summed E-state index contributed by atoms with van der Waals surface area (Å²) in [6.07, 6.45) is -4.11. The second-order valence-electron chi connectivity index (χ2n) is 11.9. The maximum Gasteiger partial charge on any atom is 0.407 e. The number of rotatable bonds is 30. The second-order valence-corrected chi connectivity index (χ2v) is 11.9. The molecule has 18 heteroatoms. The molecule has 0 aromatic heterocycles. The summed E-state index contributed by atoms with van der Waals surface area (Å²) in [6, 6.07) is 6.75. The molecule has 1 aromatic carbocycles. The summed E-state index contributed by atoms with van der Waals surface area (Å²) in [7, 11) is 0. The molecule has 0 fully saturated rings. The summed E-state index contributed by atoms with van der Waals surface area (Å²) in [5.74, 6) is -1.38. The number of nitrogens with one attached hydrogen (secondary N) is 2. The number of hydrogen-bond acceptors (Lipinski definition) is 17. The molecule has 0 aliphatic heterocycles. The van der Waals surface area contributed by atoms with Crippen LogP contribution in [0.15, 0.2) is 72.9 Å². The van der Waals surface area contributed by atoms with Crippen molar-refractivity contribution in [3.63, 3.8) is 0 Å². The van der Waals surface area contributed by atoms with Gasteiger partial charge in [0.05, 0.1) is 33.0 Å². The molecule has 0 radical (unpaired) electrons. The van der Waals surface area contributed by atoms with Gasteiger partial charge in [-0.15, -0.1) is 0 Å². The van der Waals surface area contributed by atoms with E-state index in [1.54, 1.807) is 24.3 Å². The Labute approximate surface area is 326 Å². The van der Waals surface area contributed by atoms with Crippen molar-refractivity contribution in [2.24, 2.45) is 0 Å². The zero-order valence-corrected chi connectivity index (χ0v) is 32.4. The highest BCUT2D eigenvalue weighted by Crippen LogP contribution is 2.17. The van der Waals surface area contributed by atoms with E-state index < -0.39 is 48.6 Å². The normalized spacial score (nSPS) is 12.2. The molecule has 0 aliphatic rings. The van der Waals surface area contributed by atoms with Crippen LogP contribution in [0.5, 0.6) is 11.5 Å². The van der Waals surface area contributed by atoms with E-state index in [4.69, 9.17) is 47.4 Å². The fourth-order valence-electron chi connectivity index (χ4n) is 3.62. The number of aliphatic hydroxyl groups excluding tert-OH is 1. The van der Waals surface area contributed by atoms with Crippen molar-refractivity contribution in [1.29, 1.82) is 0 Å². The average molecular weight is 795 g/mol. The Morgan fingerprint density at radius 3 is 1.45 bits per heavy atom. The van der Waals surface area contributed by atoms with Gasteiger partial charge in [0.2, 0.25) is 6.41 Å². The van der Waals surface area contributed by atoms with Crippen LogP contribution < -0.4 is 20.1 Å². The zero-order valence-electron chi connectivity index (χ0n) is 32.4. The highest BCUT2D eigenvalue weighted by molar-refractivity contribution is 5.88. The molecule has 0 aliphatic carbocycles. The fourth-order valence-corrected chi connectivity index (χ4v) is 3.62. The van der Waals surface area contributed by atoms with Crippen molar-refractivity contribution in [2.75, 3.05) is 79.2 Å². The van der Waals surface area contributed by atoms with Crippen molar-refractivity contribution in [3.8, 4) is 11.5 Å². The maximum atomic E-state index is 12.2. The summed E-state index contributed by atoms with van der Waals surface area (Å²) >= 11 is 0. The van der Waals surface area contributed by atoms with E-state index in [0.717, 1.165) is 0 Å². The predicted octanol–water partition coefficient (Wildman–Crippen LogP) is 2.30. The molecule has 312 valence electrons. The first-order valence-electron chi connectivity index (χ1n) is 17.4. The van der Waals surface area contributed by atoms with Crippen LogP contribution in [0.1, 0.15) is 27.7 Å². The third-order valence-corrected chi connectivity index (χ3v) is 6.47. The van der Waals surface area contributed by atoms with Crippen LogP contribution in [0.3, 0.4) is 0 Å². The number of esters is 4. The monoisotopic (exact) mass is 794 g/mol. The molecule has 18 nitrogen and oxygen atoms in total. The first-order chi connectivity index (χ1) is 26.6. The van der Waals surface area contributed by atoms with Crippen LogP contribution in [0, 0.1) is 0 Å². The number of ether oxygens (including phenoxy) is 10. The van der Waals surface area contributed by atoms with E-state index in [1.165, 1.54) is 27.7 Å². The highest BCUT2D eigenvalue weighted by Gasteiger charge is 2.19. The molecule has 0 saturated carbocycles. The summed E-state index contributed by atoms with van der Waals surface area (Å²) < 4.78 is 53.4. The molecular formula is C38H54N2O16. The van der Waals surface area contributed by atoms with Gasteiger partial charge in [-0.3, -0.25) is 5.32 Å². The lowest BCUT2D eigenvalue weighted by atomic mass is 10.3. The number of benzene rings is 1. The van der Waals surface area contributed by atoms with Gasteiger partial charge in [-0.1, -0.05) is 26.3 Å². The van der Waals surface area contributed by atoms with Crippen LogP contribution in [0.25, 0.3) is 0 Å². The second kappa shape index (κ2) is 28.2. The number of carbonyl (C=O) groups excluding carboxylic acids is 5. The minimum atomic E-state index is -1.47. The molecular weight excluding hydrogens is 740 g/mol. The van der Waals surface area contributed by atoms with Crippen LogP contribution in [-0.2, 0) is 57.1 Å². The van der Waals surface area contributed by atoms with Crippen molar-refractivity contribution in [3.05, 3.63) is 72.9 Å². The standard InChI is InChI=1S/C38H54N2O16/c1-25(2)33(41)51-15-13-39-37(45)55-31(23-53-35(43)27(5)6)21-47-17-19-49-29-9-11-30(12-10-29)50-20-18-48-22-32(24-54-36(44)28(7)8)56-38(46)40-14-16-52-34(42)26(3)4/h9-12,31-32,37,39,45H,1,3,5,7,13-24H2,2,4,6,8H3,(H,40,46). The smallest absolute Gasteiger partial charge is 0.407 e. The largest absolute Gasteiger partial charge is 0.491 e. The number of carbonyl (C=O) groups is 5. The van der Waals surface area contributed by atoms with Crippen molar-refractivity contribution in [1.82, 2.24) is 10.6 Å². The molecule has 0 heterocycles. The lowest BCUT2D eigenvalue weighted by molar-refractivity contribution is -0.186. The highest BCUT2D eigenvalue weighted by atomic mass is 16.7. The Bertz CT molecular complexity index is 1460. The first kappa shape index (κ1) is 48.7. The van der Waals surface area contributed by atoms with Crippen LogP contribution >= 0.6 is 0 Å². The third kappa shape index (κ3) is 23.5. The summed E-state index contributed by atoms with van der Waals surface area (Å²) in [4.78, 5) is 58.8. The fraction of sp³-hybridized carbons (Fsp3) is 0.500. The zero-order chi connectivity index (χ0) is 41.9. The van der Waals surface area contributed by atoms with Crippen molar-refractivity contribution in [2.45, 2.75) is 46.3 Å². The maximum absolute atomic E-state index is 12.2. The van der Waals surface area contributed by atoms with Gasteiger partial charge < -0.3 is 57.8 Å². The van der Waals surface area contributed by atoms with Gasteiger partial charge in [0.1, 0.15) is 57.2 Å². The molecule has 3 N–H and O–H groups in total. The lowest BCUT2D eigenvalue weighted by Crippen LogP contribution is -2.40. The van der Waals surface area contributed by atoms with Crippen LogP contribution in [0.2, 0.25) is 0 Å². The van der Waals surface area contributed by atoms with Crippen molar-refractivity contribution >= 4 is 30.0 Å². The Morgan fingerprint density at radius 2 is 0.982 bits per heavy atom. The molecule has 0 bridgehead atoms. The molecule has 1 aromatic rings. The van der Waals surface area contributed by atoms with Crippen LogP contribution in [-0.4, -0.2) is 133 Å². The van der Waals surface area contributed by atoms with E-state index in [9.17, 15) is 29.1 Å². The predicted molar refractivity (Wildman–Crippen MR) is 199 cm³/mol. The average Bonchev–Trinajstić information content (AvgIpc) is 3.15. The molecule has 0 saturated heterocycles. The van der Waals surface area contributed by atoms with E-state index in [1.807, 2.05) is 0 Å². The Kier molecular flexibility index (Phi) is 24.5. The molecule has 3 unspecified atom stereocenters.